The molecule has 5 rings (SSSR count). The molecule has 1 unspecified atom stereocenters. The minimum Gasteiger partial charge on any atom is -0.481 e. The molecular formula is C27H25NO4. The van der Waals surface area contributed by atoms with Gasteiger partial charge >= 0.3 is 12.1 Å². The van der Waals surface area contributed by atoms with E-state index in [4.69, 9.17) is 9.84 Å². The van der Waals surface area contributed by atoms with Gasteiger partial charge in [-0.05, 0) is 46.2 Å². The molecule has 162 valence electrons. The highest BCUT2D eigenvalue weighted by atomic mass is 16.6. The van der Waals surface area contributed by atoms with Crippen LogP contribution >= 0.6 is 0 Å². The predicted octanol–water partition coefficient (Wildman–Crippen LogP) is 5.23. The summed E-state index contributed by atoms with van der Waals surface area (Å²) in [4.78, 5) is 26.1. The Kier molecular flexibility index (Phi) is 5.39. The first-order valence-electron chi connectivity index (χ1n) is 11.0. The van der Waals surface area contributed by atoms with Crippen LogP contribution in [0.4, 0.5) is 4.79 Å². The first-order chi connectivity index (χ1) is 15.6. The molecule has 3 aromatic carbocycles. The number of nitrogens with zero attached hydrogens (tertiary/aromatic N) is 1. The molecule has 2 aliphatic rings. The van der Waals surface area contributed by atoms with Gasteiger partial charge in [-0.2, -0.15) is 0 Å². The van der Waals surface area contributed by atoms with Crippen LogP contribution in [0.15, 0.2) is 72.8 Å². The molecule has 0 spiro atoms. The molecule has 0 saturated heterocycles. The lowest BCUT2D eigenvalue weighted by molar-refractivity contribution is -0.137. The second kappa shape index (κ2) is 8.50. The van der Waals surface area contributed by atoms with E-state index in [2.05, 4.69) is 30.3 Å². The first kappa shape index (κ1) is 20.3. The molecule has 1 aliphatic carbocycles. The van der Waals surface area contributed by atoms with Crippen LogP contribution in [0.2, 0.25) is 0 Å². The number of benzene rings is 3. The SMILES string of the molecule is O=C(O)CCC1Cc2ccccc2CN1C(=O)OCC1c2ccccc2-c2ccccc21. The van der Waals surface area contributed by atoms with Gasteiger partial charge in [0.05, 0.1) is 0 Å². The third-order valence-corrected chi connectivity index (χ3v) is 6.62. The number of carbonyl (C=O) groups excluding carboxylic acids is 1. The average molecular weight is 428 g/mol. The molecule has 1 aliphatic heterocycles. The number of hydrogen-bond acceptors (Lipinski definition) is 3. The molecule has 0 aromatic heterocycles. The van der Waals surface area contributed by atoms with Gasteiger partial charge in [-0.1, -0.05) is 72.8 Å². The van der Waals surface area contributed by atoms with E-state index in [0.717, 1.165) is 5.56 Å². The zero-order valence-electron chi connectivity index (χ0n) is 17.7. The predicted molar refractivity (Wildman–Crippen MR) is 121 cm³/mol. The number of aliphatic carboxylic acids is 1. The van der Waals surface area contributed by atoms with Gasteiger partial charge < -0.3 is 14.7 Å². The lowest BCUT2D eigenvalue weighted by atomic mass is 9.92. The van der Waals surface area contributed by atoms with Gasteiger partial charge in [-0.25, -0.2) is 4.79 Å². The molecule has 3 aromatic rings. The van der Waals surface area contributed by atoms with Crippen molar-refractivity contribution in [2.24, 2.45) is 0 Å². The normalized spacial score (nSPS) is 16.8. The van der Waals surface area contributed by atoms with Crippen LogP contribution in [0.3, 0.4) is 0 Å². The van der Waals surface area contributed by atoms with Gasteiger partial charge in [0, 0.05) is 24.9 Å². The molecule has 0 radical (unpaired) electrons. The van der Waals surface area contributed by atoms with Gasteiger partial charge in [-0.15, -0.1) is 0 Å². The van der Waals surface area contributed by atoms with Gasteiger partial charge in [0.1, 0.15) is 6.61 Å². The van der Waals surface area contributed by atoms with Crippen LogP contribution in [-0.4, -0.2) is 34.7 Å². The minimum atomic E-state index is -0.851. The maximum Gasteiger partial charge on any atom is 0.410 e. The quantitative estimate of drug-likeness (QED) is 0.606. The molecule has 0 bridgehead atoms. The van der Waals surface area contributed by atoms with Crippen molar-refractivity contribution in [3.63, 3.8) is 0 Å². The minimum absolute atomic E-state index is 0.000830. The summed E-state index contributed by atoms with van der Waals surface area (Å²) < 4.78 is 5.87. The smallest absolute Gasteiger partial charge is 0.410 e. The zero-order chi connectivity index (χ0) is 22.1. The summed E-state index contributed by atoms with van der Waals surface area (Å²) in [5, 5.41) is 9.16. The van der Waals surface area contributed by atoms with E-state index in [9.17, 15) is 9.59 Å². The van der Waals surface area contributed by atoms with E-state index < -0.39 is 5.97 Å². The lowest BCUT2D eigenvalue weighted by Gasteiger charge is -2.36. The zero-order valence-corrected chi connectivity index (χ0v) is 17.7. The van der Waals surface area contributed by atoms with Crippen molar-refractivity contribution >= 4 is 12.1 Å². The first-order valence-corrected chi connectivity index (χ1v) is 11.0. The molecule has 1 amide bonds. The highest BCUT2D eigenvalue weighted by Crippen LogP contribution is 2.44. The Labute approximate surface area is 187 Å². The number of ether oxygens (including phenoxy) is 1. The van der Waals surface area contributed by atoms with E-state index in [1.807, 2.05) is 42.5 Å². The summed E-state index contributed by atoms with van der Waals surface area (Å²) in [6.07, 6.45) is 0.707. The third kappa shape index (κ3) is 3.75. The number of fused-ring (bicyclic) bond motifs is 4. The Morgan fingerprint density at radius 3 is 2.12 bits per heavy atom. The average Bonchev–Trinajstić information content (AvgIpc) is 3.14. The fraction of sp³-hybridized carbons (Fsp3) is 0.259. The highest BCUT2D eigenvalue weighted by molar-refractivity contribution is 5.79. The van der Waals surface area contributed by atoms with E-state index in [-0.39, 0.29) is 31.1 Å². The summed E-state index contributed by atoms with van der Waals surface area (Å²) in [5.41, 5.74) is 6.99. The Bertz CT molecular complexity index is 1130. The monoisotopic (exact) mass is 427 g/mol. The molecule has 5 nitrogen and oxygen atoms in total. The number of carbonyl (C=O) groups is 2. The van der Waals surface area contributed by atoms with Crippen LogP contribution in [0, 0.1) is 0 Å². The summed E-state index contributed by atoms with van der Waals surface area (Å²) >= 11 is 0. The van der Waals surface area contributed by atoms with Crippen molar-refractivity contribution in [3.8, 4) is 11.1 Å². The molecule has 0 fully saturated rings. The highest BCUT2D eigenvalue weighted by Gasteiger charge is 2.33. The van der Waals surface area contributed by atoms with E-state index in [1.165, 1.54) is 27.8 Å². The molecule has 1 atom stereocenters. The summed E-state index contributed by atoms with van der Waals surface area (Å²) in [5.74, 6) is -0.850. The fourth-order valence-corrected chi connectivity index (χ4v) is 5.03. The lowest BCUT2D eigenvalue weighted by Crippen LogP contribution is -2.45. The number of carboxylic acids is 1. The van der Waals surface area contributed by atoms with Crippen LogP contribution in [0.1, 0.15) is 41.0 Å². The maximum absolute atomic E-state index is 13.2. The summed E-state index contributed by atoms with van der Waals surface area (Å²) in [7, 11) is 0. The third-order valence-electron chi connectivity index (χ3n) is 6.62. The van der Waals surface area contributed by atoms with Crippen LogP contribution in [0.5, 0.6) is 0 Å². The van der Waals surface area contributed by atoms with Crippen LogP contribution in [0.25, 0.3) is 11.1 Å². The summed E-state index contributed by atoms with van der Waals surface area (Å²) in [6.45, 7) is 0.702. The van der Waals surface area contributed by atoms with Gasteiger partial charge in [0.25, 0.3) is 0 Å². The molecule has 5 heteroatoms. The number of hydrogen-bond donors (Lipinski definition) is 1. The van der Waals surface area contributed by atoms with Gasteiger partial charge in [0.15, 0.2) is 0 Å². The largest absolute Gasteiger partial charge is 0.481 e. The number of amides is 1. The van der Waals surface area contributed by atoms with Crippen molar-refractivity contribution in [2.45, 2.75) is 37.8 Å². The molecule has 1 N–H and O–H groups in total. The molecule has 1 heterocycles. The van der Waals surface area contributed by atoms with Gasteiger partial charge in [-0.3, -0.25) is 4.79 Å². The Balaban J connectivity index is 1.35. The van der Waals surface area contributed by atoms with Crippen molar-refractivity contribution in [1.82, 2.24) is 4.90 Å². The Morgan fingerprint density at radius 1 is 0.875 bits per heavy atom. The summed E-state index contributed by atoms with van der Waals surface area (Å²) in [6, 6.07) is 24.3. The fourth-order valence-electron chi connectivity index (χ4n) is 5.03. The van der Waals surface area contributed by atoms with Crippen LogP contribution in [-0.2, 0) is 22.5 Å². The standard InChI is InChI=1S/C27H25NO4/c29-26(30)14-13-20-15-18-7-1-2-8-19(18)16-28(20)27(31)32-17-25-23-11-5-3-9-21(23)22-10-4-6-12-24(22)25/h1-12,20,25H,13-17H2,(H,29,30). The Morgan fingerprint density at radius 2 is 1.47 bits per heavy atom. The van der Waals surface area contributed by atoms with Crippen molar-refractivity contribution in [3.05, 3.63) is 95.1 Å². The second-order valence-electron chi connectivity index (χ2n) is 8.49. The van der Waals surface area contributed by atoms with E-state index in [0.29, 0.717) is 19.4 Å². The topological polar surface area (TPSA) is 66.8 Å². The Hall–Kier alpha value is -3.60. The molecular weight excluding hydrogens is 402 g/mol. The van der Waals surface area contributed by atoms with E-state index >= 15 is 0 Å². The van der Waals surface area contributed by atoms with Crippen LogP contribution < -0.4 is 0 Å². The van der Waals surface area contributed by atoms with Crippen molar-refractivity contribution < 1.29 is 19.4 Å². The van der Waals surface area contributed by atoms with E-state index in [1.54, 1.807) is 4.90 Å². The number of rotatable bonds is 5. The van der Waals surface area contributed by atoms with Crippen molar-refractivity contribution in [2.75, 3.05) is 6.61 Å². The van der Waals surface area contributed by atoms with Gasteiger partial charge in [0.2, 0.25) is 0 Å². The molecule has 32 heavy (non-hydrogen) atoms. The second-order valence-corrected chi connectivity index (χ2v) is 8.49. The maximum atomic E-state index is 13.2. The van der Waals surface area contributed by atoms with Crippen molar-refractivity contribution in [1.29, 1.82) is 0 Å². The number of carboxylic acid groups (broad SMARTS) is 1. The molecule has 0 saturated carbocycles.